The van der Waals surface area contributed by atoms with Gasteiger partial charge in [0, 0.05) is 24.2 Å². The maximum absolute atomic E-state index is 11.7. The number of nitrogens with one attached hydrogen (secondary N) is 1. The van der Waals surface area contributed by atoms with Crippen molar-refractivity contribution in [1.29, 1.82) is 0 Å². The van der Waals surface area contributed by atoms with Crippen LogP contribution in [0.4, 0.5) is 0 Å². The Balaban J connectivity index is 2.51. The first-order valence-corrected chi connectivity index (χ1v) is 6.05. The van der Waals surface area contributed by atoms with Crippen molar-refractivity contribution in [2.24, 2.45) is 0 Å². The predicted molar refractivity (Wildman–Crippen MR) is 70.5 cm³/mol. The molecule has 0 unspecified atom stereocenters. The van der Waals surface area contributed by atoms with Crippen LogP contribution in [0.25, 0.3) is 11.4 Å². The molecule has 2 aromatic heterocycles. The highest BCUT2D eigenvalue weighted by Crippen LogP contribution is 2.21. The molecule has 2 rings (SSSR count). The smallest absolute Gasteiger partial charge is 0.251 e. The van der Waals surface area contributed by atoms with Gasteiger partial charge in [-0.25, -0.2) is 4.98 Å². The number of aromatic nitrogens is 4. The molecule has 0 bridgehead atoms. The van der Waals surface area contributed by atoms with Gasteiger partial charge in [-0.15, -0.1) is 0 Å². The van der Waals surface area contributed by atoms with Crippen LogP contribution < -0.4 is 5.56 Å². The summed E-state index contributed by atoms with van der Waals surface area (Å²) in [6, 6.07) is 1.55. The van der Waals surface area contributed by atoms with Crippen LogP contribution in [0.1, 0.15) is 33.4 Å². The molecule has 0 aliphatic carbocycles. The second-order valence-corrected chi connectivity index (χ2v) is 5.31. The number of rotatable bonds is 2. The van der Waals surface area contributed by atoms with E-state index in [0.29, 0.717) is 5.82 Å². The van der Waals surface area contributed by atoms with Crippen LogP contribution in [0.2, 0.25) is 0 Å². The van der Waals surface area contributed by atoms with Crippen LogP contribution in [0.15, 0.2) is 23.3 Å². The fourth-order valence-electron chi connectivity index (χ4n) is 1.64. The van der Waals surface area contributed by atoms with Gasteiger partial charge < -0.3 is 4.98 Å². The van der Waals surface area contributed by atoms with Crippen LogP contribution in [0.5, 0.6) is 0 Å². The van der Waals surface area contributed by atoms with Gasteiger partial charge in [0.15, 0.2) is 0 Å². The third kappa shape index (κ3) is 2.50. The molecule has 1 N–H and O–H groups in total. The Morgan fingerprint density at radius 3 is 2.67 bits per heavy atom. The lowest BCUT2D eigenvalue weighted by Gasteiger charge is -2.17. The molecule has 0 aromatic carbocycles. The van der Waals surface area contributed by atoms with E-state index in [1.807, 2.05) is 33.9 Å². The van der Waals surface area contributed by atoms with Gasteiger partial charge >= 0.3 is 0 Å². The number of H-pyrrole nitrogens is 1. The fraction of sp³-hybridized carbons (Fsp3) is 0.462. The first-order valence-electron chi connectivity index (χ1n) is 6.05. The molecule has 0 aliphatic heterocycles. The van der Waals surface area contributed by atoms with Crippen molar-refractivity contribution in [2.75, 3.05) is 0 Å². The summed E-state index contributed by atoms with van der Waals surface area (Å²) < 4.78 is 1.80. The van der Waals surface area contributed by atoms with E-state index in [4.69, 9.17) is 0 Å². The molecule has 0 spiro atoms. The summed E-state index contributed by atoms with van der Waals surface area (Å²) in [4.78, 5) is 19.0. The molecule has 0 fully saturated rings. The van der Waals surface area contributed by atoms with Crippen LogP contribution in [0, 0.1) is 0 Å². The average molecular weight is 246 g/mol. The van der Waals surface area contributed by atoms with E-state index in [9.17, 15) is 4.79 Å². The van der Waals surface area contributed by atoms with Crippen molar-refractivity contribution < 1.29 is 0 Å². The van der Waals surface area contributed by atoms with E-state index in [1.165, 1.54) is 0 Å². The van der Waals surface area contributed by atoms with Crippen LogP contribution in [-0.2, 0) is 12.0 Å². The summed E-state index contributed by atoms with van der Waals surface area (Å²) >= 11 is 0. The second-order valence-electron chi connectivity index (χ2n) is 5.31. The lowest BCUT2D eigenvalue weighted by molar-refractivity contribution is 0.566. The van der Waals surface area contributed by atoms with Gasteiger partial charge in [-0.2, -0.15) is 5.10 Å². The van der Waals surface area contributed by atoms with E-state index >= 15 is 0 Å². The van der Waals surface area contributed by atoms with E-state index in [1.54, 1.807) is 16.9 Å². The minimum atomic E-state index is -0.149. The first-order chi connectivity index (χ1) is 8.40. The summed E-state index contributed by atoms with van der Waals surface area (Å²) in [7, 11) is 0. The van der Waals surface area contributed by atoms with Crippen molar-refractivity contribution in [3.63, 3.8) is 0 Å². The standard InChI is InChI=1S/C13H18N4O/c1-5-17-8-9(7-14-17)12-15-10(13(2,3)4)6-11(18)16-12/h6-8H,5H2,1-4H3,(H,15,16,18). The zero-order chi connectivity index (χ0) is 13.3. The molecular formula is C13H18N4O. The molecule has 2 heterocycles. The minimum absolute atomic E-state index is 0.130. The van der Waals surface area contributed by atoms with E-state index in [-0.39, 0.29) is 11.0 Å². The summed E-state index contributed by atoms with van der Waals surface area (Å²) in [5.41, 5.74) is 1.34. The lowest BCUT2D eigenvalue weighted by atomic mass is 9.92. The molecular weight excluding hydrogens is 228 g/mol. The van der Waals surface area contributed by atoms with Crippen molar-refractivity contribution in [3.8, 4) is 11.4 Å². The molecule has 0 atom stereocenters. The summed E-state index contributed by atoms with van der Waals surface area (Å²) in [6.45, 7) is 8.91. The molecule has 5 nitrogen and oxygen atoms in total. The Kier molecular flexibility index (Phi) is 3.07. The summed E-state index contributed by atoms with van der Waals surface area (Å²) in [5, 5.41) is 4.19. The van der Waals surface area contributed by atoms with Gasteiger partial charge in [-0.05, 0) is 6.92 Å². The van der Waals surface area contributed by atoms with Crippen molar-refractivity contribution in [3.05, 3.63) is 34.5 Å². The zero-order valence-electron chi connectivity index (χ0n) is 11.2. The highest BCUT2D eigenvalue weighted by Gasteiger charge is 2.17. The largest absolute Gasteiger partial charge is 0.306 e. The Hall–Kier alpha value is -1.91. The molecule has 0 aliphatic rings. The van der Waals surface area contributed by atoms with Gasteiger partial charge in [-0.1, -0.05) is 20.8 Å². The average Bonchev–Trinajstić information content (AvgIpc) is 2.75. The van der Waals surface area contributed by atoms with Gasteiger partial charge in [0.2, 0.25) is 0 Å². The monoisotopic (exact) mass is 246 g/mol. The molecule has 96 valence electrons. The summed E-state index contributed by atoms with van der Waals surface area (Å²) in [5.74, 6) is 0.576. The number of nitrogens with zero attached hydrogens (tertiary/aromatic N) is 3. The number of hydrogen-bond donors (Lipinski definition) is 1. The maximum atomic E-state index is 11.7. The predicted octanol–water partition coefficient (Wildman–Crippen LogP) is 1.95. The second kappa shape index (κ2) is 4.40. The topological polar surface area (TPSA) is 63.6 Å². The van der Waals surface area contributed by atoms with E-state index in [2.05, 4.69) is 15.1 Å². The van der Waals surface area contributed by atoms with Crippen molar-refractivity contribution in [2.45, 2.75) is 39.7 Å². The van der Waals surface area contributed by atoms with E-state index < -0.39 is 0 Å². The highest BCUT2D eigenvalue weighted by atomic mass is 16.1. The molecule has 2 aromatic rings. The van der Waals surface area contributed by atoms with E-state index in [0.717, 1.165) is 17.8 Å². The van der Waals surface area contributed by atoms with Gasteiger partial charge in [0.1, 0.15) is 5.82 Å². The number of aromatic amines is 1. The number of hydrogen-bond acceptors (Lipinski definition) is 3. The molecule has 0 saturated carbocycles. The molecule has 5 heteroatoms. The molecule has 0 amide bonds. The van der Waals surface area contributed by atoms with Crippen LogP contribution in [0.3, 0.4) is 0 Å². The van der Waals surface area contributed by atoms with Gasteiger partial charge in [0.05, 0.1) is 17.5 Å². The fourth-order valence-corrected chi connectivity index (χ4v) is 1.64. The molecule has 0 radical (unpaired) electrons. The lowest BCUT2D eigenvalue weighted by Crippen LogP contribution is -2.19. The SMILES string of the molecule is CCn1cc(-c2nc(C(C)(C)C)cc(=O)[nH]2)cn1. The zero-order valence-corrected chi connectivity index (χ0v) is 11.2. The van der Waals surface area contributed by atoms with Crippen molar-refractivity contribution >= 4 is 0 Å². The quantitative estimate of drug-likeness (QED) is 0.880. The Labute approximate surface area is 106 Å². The molecule has 18 heavy (non-hydrogen) atoms. The van der Waals surface area contributed by atoms with Gasteiger partial charge in [-0.3, -0.25) is 9.48 Å². The Morgan fingerprint density at radius 1 is 1.39 bits per heavy atom. The minimum Gasteiger partial charge on any atom is -0.306 e. The first kappa shape index (κ1) is 12.5. The number of aryl methyl sites for hydroxylation is 1. The maximum Gasteiger partial charge on any atom is 0.251 e. The van der Waals surface area contributed by atoms with Crippen LogP contribution >= 0.6 is 0 Å². The Morgan fingerprint density at radius 2 is 2.11 bits per heavy atom. The molecule has 0 saturated heterocycles. The normalized spacial score (nSPS) is 11.8. The Bertz CT molecular complexity index is 604. The summed E-state index contributed by atoms with van der Waals surface area (Å²) in [6.07, 6.45) is 3.60. The van der Waals surface area contributed by atoms with Crippen LogP contribution in [-0.4, -0.2) is 19.7 Å². The van der Waals surface area contributed by atoms with Crippen molar-refractivity contribution in [1.82, 2.24) is 19.7 Å². The highest BCUT2D eigenvalue weighted by molar-refractivity contribution is 5.52. The third-order valence-corrected chi connectivity index (χ3v) is 2.74. The third-order valence-electron chi connectivity index (χ3n) is 2.74. The van der Waals surface area contributed by atoms with Gasteiger partial charge in [0.25, 0.3) is 5.56 Å².